The van der Waals surface area contributed by atoms with Gasteiger partial charge in [0.1, 0.15) is 17.2 Å². The van der Waals surface area contributed by atoms with Gasteiger partial charge in [0.05, 0.1) is 5.69 Å². The third kappa shape index (κ3) is 4.76. The molecule has 1 aromatic carbocycles. The minimum absolute atomic E-state index is 0.123. The van der Waals surface area contributed by atoms with Crippen LogP contribution in [0.15, 0.2) is 42.6 Å². The average molecular weight is 345 g/mol. The van der Waals surface area contributed by atoms with Gasteiger partial charge in [0, 0.05) is 19.3 Å². The fraction of sp³-hybridized carbons (Fsp3) is 0.278. The summed E-state index contributed by atoms with van der Waals surface area (Å²) in [5, 5.41) is 2.77. The van der Waals surface area contributed by atoms with Gasteiger partial charge >= 0.3 is 5.97 Å². The largest absolute Gasteiger partial charge is 0.452 e. The number of likely N-dealkylation sites (N-methyl/N-ethyl adjacent to an activating group) is 1. The van der Waals surface area contributed by atoms with Gasteiger partial charge < -0.3 is 15.0 Å². The van der Waals surface area contributed by atoms with Crippen molar-refractivity contribution in [1.29, 1.82) is 0 Å². The van der Waals surface area contributed by atoms with Crippen LogP contribution >= 0.6 is 0 Å². The van der Waals surface area contributed by atoms with E-state index in [0.717, 1.165) is 0 Å². The maximum absolute atomic E-state index is 13.8. The van der Waals surface area contributed by atoms with Crippen LogP contribution in [0.3, 0.4) is 0 Å². The van der Waals surface area contributed by atoms with E-state index >= 15 is 0 Å². The van der Waals surface area contributed by atoms with Crippen LogP contribution in [0.25, 0.3) is 0 Å². The molecule has 132 valence electrons. The number of nitrogens with one attached hydrogen (secondary N) is 1. The number of aromatic nitrogens is 1. The standard InChI is InChI=1S/C18H20FN3O3/c1-3-22(4-2)16(23)12-25-18(24)13-8-7-11-20-17(13)21-15-10-6-5-9-14(15)19/h5-11H,3-4,12H2,1-2H3,(H,20,21). The normalized spacial score (nSPS) is 10.2. The van der Waals surface area contributed by atoms with Crippen molar-refractivity contribution in [2.75, 3.05) is 25.0 Å². The molecule has 0 atom stereocenters. The number of pyridine rings is 1. The van der Waals surface area contributed by atoms with E-state index in [4.69, 9.17) is 4.74 Å². The van der Waals surface area contributed by atoms with Crippen molar-refractivity contribution in [3.05, 3.63) is 54.0 Å². The average Bonchev–Trinajstić information content (AvgIpc) is 2.63. The summed E-state index contributed by atoms with van der Waals surface area (Å²) in [7, 11) is 0. The summed E-state index contributed by atoms with van der Waals surface area (Å²) in [6.07, 6.45) is 1.47. The highest BCUT2D eigenvalue weighted by molar-refractivity contribution is 5.96. The van der Waals surface area contributed by atoms with Crippen molar-refractivity contribution in [2.24, 2.45) is 0 Å². The van der Waals surface area contributed by atoms with E-state index in [1.165, 1.54) is 24.4 Å². The fourth-order valence-electron chi connectivity index (χ4n) is 2.23. The molecular weight excluding hydrogens is 325 g/mol. The van der Waals surface area contributed by atoms with Crippen molar-refractivity contribution < 1.29 is 18.7 Å². The molecule has 0 aliphatic carbocycles. The van der Waals surface area contributed by atoms with Crippen molar-refractivity contribution in [2.45, 2.75) is 13.8 Å². The number of para-hydroxylation sites is 1. The van der Waals surface area contributed by atoms with Crippen molar-refractivity contribution in [3.8, 4) is 0 Å². The Balaban J connectivity index is 2.10. The molecule has 6 nitrogen and oxygen atoms in total. The van der Waals surface area contributed by atoms with E-state index in [2.05, 4.69) is 10.3 Å². The lowest BCUT2D eigenvalue weighted by Gasteiger charge is -2.18. The Morgan fingerprint density at radius 3 is 2.56 bits per heavy atom. The number of esters is 1. The summed E-state index contributed by atoms with van der Waals surface area (Å²) in [5.41, 5.74) is 0.313. The molecule has 0 aliphatic rings. The number of hydrogen-bond acceptors (Lipinski definition) is 5. The van der Waals surface area contributed by atoms with Crippen molar-refractivity contribution >= 4 is 23.4 Å². The molecule has 0 saturated heterocycles. The minimum Gasteiger partial charge on any atom is -0.452 e. The molecule has 1 heterocycles. The molecule has 0 bridgehead atoms. The summed E-state index contributed by atoms with van der Waals surface area (Å²) in [4.78, 5) is 29.8. The summed E-state index contributed by atoms with van der Waals surface area (Å²) < 4.78 is 18.9. The molecule has 1 N–H and O–H groups in total. The second kappa shape index (κ2) is 8.77. The highest BCUT2D eigenvalue weighted by Gasteiger charge is 2.18. The zero-order chi connectivity index (χ0) is 18.2. The lowest BCUT2D eigenvalue weighted by molar-refractivity contribution is -0.134. The maximum atomic E-state index is 13.8. The Morgan fingerprint density at radius 1 is 1.16 bits per heavy atom. The van der Waals surface area contributed by atoms with Gasteiger partial charge in [-0.15, -0.1) is 0 Å². The molecule has 1 aromatic heterocycles. The number of ether oxygens (including phenoxy) is 1. The number of halogens is 1. The van der Waals surface area contributed by atoms with E-state index in [1.807, 2.05) is 13.8 Å². The first-order valence-corrected chi connectivity index (χ1v) is 7.98. The number of rotatable bonds is 7. The van der Waals surface area contributed by atoms with Crippen LogP contribution in [0.1, 0.15) is 24.2 Å². The number of benzene rings is 1. The van der Waals surface area contributed by atoms with Crippen molar-refractivity contribution in [3.63, 3.8) is 0 Å². The lowest BCUT2D eigenvalue weighted by Crippen LogP contribution is -2.34. The number of carbonyl (C=O) groups is 2. The zero-order valence-corrected chi connectivity index (χ0v) is 14.2. The van der Waals surface area contributed by atoms with Crippen molar-refractivity contribution in [1.82, 2.24) is 9.88 Å². The molecule has 0 spiro atoms. The Morgan fingerprint density at radius 2 is 1.88 bits per heavy atom. The topological polar surface area (TPSA) is 71.5 Å². The van der Waals surface area contributed by atoms with E-state index in [9.17, 15) is 14.0 Å². The van der Waals surface area contributed by atoms with Crippen LogP contribution in [0.4, 0.5) is 15.9 Å². The zero-order valence-electron chi connectivity index (χ0n) is 14.2. The Kier molecular flexibility index (Phi) is 6.45. The highest BCUT2D eigenvalue weighted by atomic mass is 19.1. The first-order chi connectivity index (χ1) is 12.1. The first-order valence-electron chi connectivity index (χ1n) is 7.98. The van der Waals surface area contributed by atoms with Gasteiger partial charge in [-0.2, -0.15) is 0 Å². The monoisotopic (exact) mass is 345 g/mol. The second-order valence-electron chi connectivity index (χ2n) is 5.15. The summed E-state index contributed by atoms with van der Waals surface area (Å²) in [6.45, 7) is 4.43. The third-order valence-electron chi connectivity index (χ3n) is 3.60. The molecule has 0 radical (unpaired) electrons. The summed E-state index contributed by atoms with van der Waals surface area (Å²) >= 11 is 0. The molecule has 1 amide bonds. The minimum atomic E-state index is -0.701. The number of hydrogen-bond donors (Lipinski definition) is 1. The molecule has 0 fully saturated rings. The lowest BCUT2D eigenvalue weighted by atomic mass is 10.2. The molecule has 0 unspecified atom stereocenters. The molecule has 2 aromatic rings. The smallest absolute Gasteiger partial charge is 0.342 e. The number of amides is 1. The van der Waals surface area contributed by atoms with Crippen LogP contribution in [-0.2, 0) is 9.53 Å². The van der Waals surface area contributed by atoms with Gasteiger partial charge in [-0.25, -0.2) is 14.2 Å². The highest BCUT2D eigenvalue weighted by Crippen LogP contribution is 2.21. The third-order valence-corrected chi connectivity index (χ3v) is 3.60. The van der Waals surface area contributed by atoms with Crippen LogP contribution in [0.5, 0.6) is 0 Å². The SMILES string of the molecule is CCN(CC)C(=O)COC(=O)c1cccnc1Nc1ccccc1F. The quantitative estimate of drug-likeness (QED) is 0.781. The van der Waals surface area contributed by atoms with Gasteiger partial charge in [-0.05, 0) is 38.1 Å². The van der Waals surface area contributed by atoms with Gasteiger partial charge in [0.2, 0.25) is 0 Å². The van der Waals surface area contributed by atoms with Gasteiger partial charge in [-0.1, -0.05) is 12.1 Å². The van der Waals surface area contributed by atoms with E-state index in [1.54, 1.807) is 23.1 Å². The van der Waals surface area contributed by atoms with Gasteiger partial charge in [-0.3, -0.25) is 4.79 Å². The molecule has 7 heteroatoms. The maximum Gasteiger partial charge on any atom is 0.342 e. The first kappa shape index (κ1) is 18.4. The van der Waals surface area contributed by atoms with E-state index < -0.39 is 11.8 Å². The predicted molar refractivity (Wildman–Crippen MR) is 92.1 cm³/mol. The second-order valence-corrected chi connectivity index (χ2v) is 5.15. The predicted octanol–water partition coefficient (Wildman–Crippen LogP) is 2.99. The fourth-order valence-corrected chi connectivity index (χ4v) is 2.23. The summed E-state index contributed by atoms with van der Waals surface area (Å²) in [6, 6.07) is 9.12. The van der Waals surface area contributed by atoms with Crippen LogP contribution < -0.4 is 5.32 Å². The number of carbonyl (C=O) groups excluding carboxylic acids is 2. The number of anilines is 2. The molecule has 2 rings (SSSR count). The van der Waals surface area contributed by atoms with E-state index in [0.29, 0.717) is 13.1 Å². The molecule has 0 aliphatic heterocycles. The van der Waals surface area contributed by atoms with Crippen LogP contribution in [0.2, 0.25) is 0 Å². The Bertz CT molecular complexity index is 748. The van der Waals surface area contributed by atoms with E-state index in [-0.39, 0.29) is 29.6 Å². The Labute approximate surface area is 145 Å². The van der Waals surface area contributed by atoms with Gasteiger partial charge in [0.25, 0.3) is 5.91 Å². The number of nitrogens with zero attached hydrogens (tertiary/aromatic N) is 2. The Hall–Kier alpha value is -2.96. The van der Waals surface area contributed by atoms with Crippen LogP contribution in [-0.4, -0.2) is 41.5 Å². The van der Waals surface area contributed by atoms with Crippen LogP contribution in [0, 0.1) is 5.82 Å². The summed E-state index contributed by atoms with van der Waals surface area (Å²) in [5.74, 6) is -1.28. The molecule has 25 heavy (non-hydrogen) atoms. The van der Waals surface area contributed by atoms with Gasteiger partial charge in [0.15, 0.2) is 6.61 Å². The molecular formula is C18H20FN3O3. The molecule has 0 saturated carbocycles.